The maximum atomic E-state index is 13.6. The molecule has 12 heteroatoms. The molecule has 2 heterocycles. The van der Waals surface area contributed by atoms with Crippen LogP contribution in [0.15, 0.2) is 60.8 Å². The van der Waals surface area contributed by atoms with E-state index in [-0.39, 0.29) is 17.4 Å². The van der Waals surface area contributed by atoms with Crippen molar-refractivity contribution in [2.24, 2.45) is 0 Å². The van der Waals surface area contributed by atoms with E-state index in [1.165, 1.54) is 6.20 Å². The number of anilines is 3. The second-order valence-corrected chi connectivity index (χ2v) is 11.6. The molecule has 1 fully saturated rings. The molecule has 0 spiro atoms. The number of benzene rings is 3. The van der Waals surface area contributed by atoms with Crippen LogP contribution >= 0.6 is 0 Å². The number of carbonyl (C=O) groups is 1. The average molecular weight is 657 g/mol. The summed E-state index contributed by atoms with van der Waals surface area (Å²) in [7, 11) is 6.86. The van der Waals surface area contributed by atoms with Gasteiger partial charge in [0.25, 0.3) is 5.91 Å². The van der Waals surface area contributed by atoms with Crippen LogP contribution in [0.2, 0.25) is 0 Å². The van der Waals surface area contributed by atoms with E-state index >= 15 is 0 Å². The van der Waals surface area contributed by atoms with Gasteiger partial charge in [0.05, 0.1) is 27.9 Å². The summed E-state index contributed by atoms with van der Waals surface area (Å²) in [4.78, 5) is 27.5. The molecule has 1 saturated heterocycles. The van der Waals surface area contributed by atoms with Crippen molar-refractivity contribution in [1.82, 2.24) is 19.8 Å². The monoisotopic (exact) mass is 656 g/mol. The number of aryl methyl sites for hydroxylation is 2. The van der Waals surface area contributed by atoms with E-state index in [0.717, 1.165) is 50.3 Å². The van der Waals surface area contributed by atoms with Crippen LogP contribution in [0.1, 0.15) is 27.9 Å². The number of likely N-dealkylation sites (N-methyl/N-ethyl adjacent to an activating group) is 1. The Morgan fingerprint density at radius 2 is 1.50 bits per heavy atom. The highest BCUT2D eigenvalue weighted by atomic mass is 16.5. The molecule has 0 saturated carbocycles. The Labute approximate surface area is 281 Å². The minimum atomic E-state index is -0.415. The van der Waals surface area contributed by atoms with Crippen molar-refractivity contribution in [1.29, 1.82) is 0 Å². The number of ether oxygens (including phenoxy) is 5. The molecule has 0 unspecified atom stereocenters. The van der Waals surface area contributed by atoms with Crippen molar-refractivity contribution < 1.29 is 28.5 Å². The number of nitrogens with zero attached hydrogens (tertiary/aromatic N) is 4. The van der Waals surface area contributed by atoms with Gasteiger partial charge in [-0.2, -0.15) is 4.98 Å². The second kappa shape index (κ2) is 16.2. The molecule has 4 aromatic rings. The van der Waals surface area contributed by atoms with Crippen molar-refractivity contribution in [2.75, 3.05) is 78.3 Å². The lowest BCUT2D eigenvalue weighted by Gasteiger charge is -2.32. The molecule has 2 N–H and O–H groups in total. The highest BCUT2D eigenvalue weighted by Gasteiger charge is 2.21. The SMILES string of the molecule is COc1ccccc1Oc1nc(Nc2cc(OC)c(OCCCN3CCN(C)CC3)c(OC)c2)ncc1C(=O)Nc1c(C)cccc1C. The molecule has 12 nitrogen and oxygen atoms in total. The van der Waals surface area contributed by atoms with E-state index in [9.17, 15) is 4.79 Å². The van der Waals surface area contributed by atoms with Gasteiger partial charge in [0.1, 0.15) is 5.56 Å². The molecule has 0 bridgehead atoms. The van der Waals surface area contributed by atoms with Gasteiger partial charge in [-0.1, -0.05) is 30.3 Å². The summed E-state index contributed by atoms with van der Waals surface area (Å²) in [6.07, 6.45) is 2.30. The number of piperazine rings is 1. The number of hydrogen-bond donors (Lipinski definition) is 2. The van der Waals surface area contributed by atoms with Crippen LogP contribution in [0.3, 0.4) is 0 Å². The number of aromatic nitrogens is 2. The molecule has 0 aliphatic carbocycles. The Kier molecular flexibility index (Phi) is 11.5. The average Bonchev–Trinajstić information content (AvgIpc) is 3.09. The van der Waals surface area contributed by atoms with Gasteiger partial charge >= 0.3 is 0 Å². The fraction of sp³-hybridized carbons (Fsp3) is 0.361. The van der Waals surface area contributed by atoms with Crippen LogP contribution in [0, 0.1) is 13.8 Å². The van der Waals surface area contributed by atoms with Gasteiger partial charge in [-0.3, -0.25) is 4.79 Å². The first kappa shape index (κ1) is 34.3. The lowest BCUT2D eigenvalue weighted by atomic mass is 10.1. The molecule has 1 aromatic heterocycles. The molecule has 1 aliphatic rings. The van der Waals surface area contributed by atoms with Gasteiger partial charge in [-0.15, -0.1) is 0 Å². The zero-order chi connectivity index (χ0) is 34.0. The Balaban J connectivity index is 1.37. The lowest BCUT2D eigenvalue weighted by Crippen LogP contribution is -2.44. The zero-order valence-electron chi connectivity index (χ0n) is 28.5. The standard InChI is InChI=1S/C36H44N6O6/c1-24-11-9-12-25(2)32(24)39-34(43)27-23-37-36(40-35(27)48-29-14-8-7-13-28(29)44-4)38-26-21-30(45-5)33(31(22-26)46-6)47-20-10-15-42-18-16-41(3)17-19-42/h7-9,11-14,21-23H,10,15-20H2,1-6H3,(H,39,43)(H,37,38,40). The second-order valence-electron chi connectivity index (χ2n) is 11.6. The first-order valence-corrected chi connectivity index (χ1v) is 15.9. The third-order valence-corrected chi connectivity index (χ3v) is 8.17. The normalized spacial score (nSPS) is 13.5. The summed E-state index contributed by atoms with van der Waals surface area (Å²) >= 11 is 0. The summed E-state index contributed by atoms with van der Waals surface area (Å²) in [6.45, 7) is 9.65. The minimum Gasteiger partial charge on any atom is -0.493 e. The molecule has 254 valence electrons. The van der Waals surface area contributed by atoms with E-state index < -0.39 is 5.91 Å². The quantitative estimate of drug-likeness (QED) is 0.157. The number of methoxy groups -OCH3 is 3. The van der Waals surface area contributed by atoms with Gasteiger partial charge in [0, 0.05) is 62.4 Å². The fourth-order valence-corrected chi connectivity index (χ4v) is 5.42. The lowest BCUT2D eigenvalue weighted by molar-refractivity contribution is 0.102. The van der Waals surface area contributed by atoms with E-state index in [1.54, 1.807) is 45.6 Å². The number of para-hydroxylation sites is 3. The van der Waals surface area contributed by atoms with E-state index in [4.69, 9.17) is 23.7 Å². The first-order valence-electron chi connectivity index (χ1n) is 15.9. The fourth-order valence-electron chi connectivity index (χ4n) is 5.42. The molecule has 1 amide bonds. The molecule has 0 radical (unpaired) electrons. The van der Waals surface area contributed by atoms with Crippen LogP contribution in [0.25, 0.3) is 0 Å². The van der Waals surface area contributed by atoms with Crippen molar-refractivity contribution in [3.8, 4) is 34.6 Å². The number of rotatable bonds is 14. The van der Waals surface area contributed by atoms with Crippen LogP contribution in [0.4, 0.5) is 17.3 Å². The maximum Gasteiger partial charge on any atom is 0.262 e. The number of amides is 1. The molecule has 1 aliphatic heterocycles. The highest BCUT2D eigenvalue weighted by molar-refractivity contribution is 6.06. The van der Waals surface area contributed by atoms with Gasteiger partial charge in [-0.25, -0.2) is 4.98 Å². The van der Waals surface area contributed by atoms with Gasteiger partial charge < -0.3 is 44.1 Å². The summed E-state index contributed by atoms with van der Waals surface area (Å²) in [5.74, 6) is 2.19. The van der Waals surface area contributed by atoms with E-state index in [1.807, 2.05) is 44.2 Å². The van der Waals surface area contributed by atoms with Crippen LogP contribution < -0.4 is 34.3 Å². The molecular formula is C36H44N6O6. The summed E-state index contributed by atoms with van der Waals surface area (Å²) in [5, 5.41) is 6.19. The number of hydrogen-bond acceptors (Lipinski definition) is 11. The van der Waals surface area contributed by atoms with Crippen molar-refractivity contribution >= 4 is 23.2 Å². The minimum absolute atomic E-state index is 0.0416. The third kappa shape index (κ3) is 8.44. The smallest absolute Gasteiger partial charge is 0.262 e. The molecule has 48 heavy (non-hydrogen) atoms. The van der Waals surface area contributed by atoms with Crippen molar-refractivity contribution in [3.05, 3.63) is 77.5 Å². The number of nitrogens with one attached hydrogen (secondary N) is 2. The van der Waals surface area contributed by atoms with Crippen LogP contribution in [-0.2, 0) is 0 Å². The topological polar surface area (TPSA) is 120 Å². The Bertz CT molecular complexity index is 1660. The van der Waals surface area contributed by atoms with Gasteiger partial charge in [-0.05, 0) is 50.6 Å². The number of carbonyl (C=O) groups excluding carboxylic acids is 1. The summed E-state index contributed by atoms with van der Waals surface area (Å²) in [5.41, 5.74) is 3.31. The van der Waals surface area contributed by atoms with E-state index in [0.29, 0.717) is 46.7 Å². The van der Waals surface area contributed by atoms with Crippen LogP contribution in [0.5, 0.6) is 34.6 Å². The summed E-state index contributed by atoms with van der Waals surface area (Å²) in [6, 6.07) is 16.5. The molecule has 0 atom stereocenters. The predicted molar refractivity (Wildman–Crippen MR) is 186 cm³/mol. The zero-order valence-corrected chi connectivity index (χ0v) is 28.5. The predicted octanol–water partition coefficient (Wildman–Crippen LogP) is 5.92. The van der Waals surface area contributed by atoms with Gasteiger partial charge in [0.15, 0.2) is 23.0 Å². The maximum absolute atomic E-state index is 13.6. The third-order valence-electron chi connectivity index (χ3n) is 8.17. The highest BCUT2D eigenvalue weighted by Crippen LogP contribution is 2.41. The Morgan fingerprint density at radius 1 is 0.854 bits per heavy atom. The van der Waals surface area contributed by atoms with Gasteiger partial charge in [0.2, 0.25) is 17.6 Å². The molecule has 5 rings (SSSR count). The van der Waals surface area contributed by atoms with Crippen molar-refractivity contribution in [3.63, 3.8) is 0 Å². The first-order chi connectivity index (χ1) is 23.3. The molecule has 3 aromatic carbocycles. The summed E-state index contributed by atoms with van der Waals surface area (Å²) < 4.78 is 29.2. The Morgan fingerprint density at radius 3 is 2.15 bits per heavy atom. The largest absolute Gasteiger partial charge is 0.493 e. The Hall–Kier alpha value is -5.07. The van der Waals surface area contributed by atoms with E-state index in [2.05, 4.69) is 37.4 Å². The molecular weight excluding hydrogens is 612 g/mol. The van der Waals surface area contributed by atoms with Crippen LogP contribution in [-0.4, -0.2) is 93.4 Å². The van der Waals surface area contributed by atoms with Crippen molar-refractivity contribution in [2.45, 2.75) is 20.3 Å².